The first kappa shape index (κ1) is 11.1. The average molecular weight is 248 g/mol. The highest BCUT2D eigenvalue weighted by Gasteiger charge is 2.21. The van der Waals surface area contributed by atoms with E-state index in [1.165, 1.54) is 0 Å². The standard InChI is InChI=1S/C10H16N8/c11-5-7-1-3-18(4-2-7)10-13-9(15-16-10)8-6-12-17-14-8/h6-7H,1-5,11H2,(H,12,14,17)(H,13,15,16). The first-order valence-electron chi connectivity index (χ1n) is 6.10. The maximum absolute atomic E-state index is 5.68. The summed E-state index contributed by atoms with van der Waals surface area (Å²) in [5.41, 5.74) is 6.35. The van der Waals surface area contributed by atoms with Crippen LogP contribution in [-0.4, -0.2) is 50.2 Å². The Morgan fingerprint density at radius 1 is 1.33 bits per heavy atom. The lowest BCUT2D eigenvalue weighted by Crippen LogP contribution is -2.36. The minimum absolute atomic E-state index is 0.634. The van der Waals surface area contributed by atoms with Gasteiger partial charge in [-0.25, -0.2) is 0 Å². The van der Waals surface area contributed by atoms with Crippen LogP contribution in [-0.2, 0) is 0 Å². The first-order chi connectivity index (χ1) is 8.86. The van der Waals surface area contributed by atoms with Crippen LogP contribution in [0.3, 0.4) is 0 Å². The Morgan fingerprint density at radius 3 is 2.83 bits per heavy atom. The second-order valence-electron chi connectivity index (χ2n) is 4.51. The molecule has 96 valence electrons. The molecule has 8 heteroatoms. The van der Waals surface area contributed by atoms with E-state index in [0.717, 1.165) is 38.4 Å². The van der Waals surface area contributed by atoms with Gasteiger partial charge in [-0.2, -0.15) is 20.4 Å². The number of H-pyrrole nitrogens is 2. The van der Waals surface area contributed by atoms with Crippen LogP contribution in [0.2, 0.25) is 0 Å². The van der Waals surface area contributed by atoms with E-state index in [9.17, 15) is 0 Å². The number of nitrogens with zero attached hydrogens (tertiary/aromatic N) is 5. The molecule has 0 aromatic carbocycles. The number of anilines is 1. The molecule has 2 aromatic rings. The van der Waals surface area contributed by atoms with Gasteiger partial charge < -0.3 is 10.6 Å². The molecular formula is C10H16N8. The summed E-state index contributed by atoms with van der Waals surface area (Å²) in [6, 6.07) is 0. The number of piperidine rings is 1. The van der Waals surface area contributed by atoms with Crippen molar-refractivity contribution >= 4 is 5.95 Å². The maximum atomic E-state index is 5.68. The third-order valence-corrected chi connectivity index (χ3v) is 3.36. The number of aromatic nitrogens is 6. The summed E-state index contributed by atoms with van der Waals surface area (Å²) in [4.78, 5) is 6.61. The molecule has 0 radical (unpaired) electrons. The molecule has 0 spiro atoms. The highest BCUT2D eigenvalue weighted by Crippen LogP contribution is 2.21. The van der Waals surface area contributed by atoms with Crippen LogP contribution >= 0.6 is 0 Å². The van der Waals surface area contributed by atoms with E-state index in [0.29, 0.717) is 17.4 Å². The van der Waals surface area contributed by atoms with Crippen molar-refractivity contribution in [1.29, 1.82) is 0 Å². The van der Waals surface area contributed by atoms with Gasteiger partial charge in [-0.05, 0) is 25.3 Å². The van der Waals surface area contributed by atoms with Gasteiger partial charge in [0.25, 0.3) is 0 Å². The number of aromatic amines is 2. The molecule has 0 aliphatic carbocycles. The Morgan fingerprint density at radius 2 is 2.17 bits per heavy atom. The molecule has 1 fully saturated rings. The quantitative estimate of drug-likeness (QED) is 0.691. The van der Waals surface area contributed by atoms with E-state index in [1.807, 2.05) is 0 Å². The Labute approximate surface area is 104 Å². The third-order valence-electron chi connectivity index (χ3n) is 3.36. The van der Waals surface area contributed by atoms with E-state index >= 15 is 0 Å². The van der Waals surface area contributed by atoms with Gasteiger partial charge in [-0.15, -0.1) is 5.10 Å². The lowest BCUT2D eigenvalue weighted by Gasteiger charge is -2.30. The molecule has 0 unspecified atom stereocenters. The van der Waals surface area contributed by atoms with Crippen molar-refractivity contribution in [1.82, 2.24) is 30.6 Å². The van der Waals surface area contributed by atoms with Gasteiger partial charge in [0.2, 0.25) is 5.95 Å². The number of rotatable bonds is 3. The van der Waals surface area contributed by atoms with Crippen LogP contribution in [0.15, 0.2) is 6.20 Å². The van der Waals surface area contributed by atoms with Crippen LogP contribution in [0.5, 0.6) is 0 Å². The summed E-state index contributed by atoms with van der Waals surface area (Å²) in [7, 11) is 0. The first-order valence-corrected chi connectivity index (χ1v) is 6.10. The molecule has 3 heterocycles. The van der Waals surface area contributed by atoms with Gasteiger partial charge in [-0.3, -0.25) is 5.10 Å². The lowest BCUT2D eigenvalue weighted by atomic mass is 9.97. The molecule has 0 bridgehead atoms. The summed E-state index contributed by atoms with van der Waals surface area (Å²) >= 11 is 0. The molecule has 0 amide bonds. The van der Waals surface area contributed by atoms with Crippen LogP contribution in [0.25, 0.3) is 11.5 Å². The zero-order valence-electron chi connectivity index (χ0n) is 10.0. The van der Waals surface area contributed by atoms with Crippen molar-refractivity contribution in [3.05, 3.63) is 6.20 Å². The minimum Gasteiger partial charge on any atom is -0.340 e. The molecule has 1 saturated heterocycles. The van der Waals surface area contributed by atoms with Crippen LogP contribution in [0.4, 0.5) is 5.95 Å². The lowest BCUT2D eigenvalue weighted by molar-refractivity contribution is 0.411. The largest absolute Gasteiger partial charge is 0.340 e. The van der Waals surface area contributed by atoms with Crippen molar-refractivity contribution in [3.8, 4) is 11.5 Å². The molecule has 1 aliphatic heterocycles. The summed E-state index contributed by atoms with van der Waals surface area (Å²) in [5.74, 6) is 2.00. The van der Waals surface area contributed by atoms with Gasteiger partial charge in [0, 0.05) is 13.1 Å². The van der Waals surface area contributed by atoms with Gasteiger partial charge in [0.15, 0.2) is 5.82 Å². The van der Waals surface area contributed by atoms with Gasteiger partial charge in [-0.1, -0.05) is 0 Å². The fourth-order valence-corrected chi connectivity index (χ4v) is 2.19. The molecular weight excluding hydrogens is 232 g/mol. The minimum atomic E-state index is 0.634. The summed E-state index contributed by atoms with van der Waals surface area (Å²) in [6.07, 6.45) is 3.82. The molecule has 4 N–H and O–H groups in total. The normalized spacial score (nSPS) is 17.3. The van der Waals surface area contributed by atoms with Crippen molar-refractivity contribution < 1.29 is 0 Å². The van der Waals surface area contributed by atoms with Crippen LogP contribution < -0.4 is 10.6 Å². The second-order valence-corrected chi connectivity index (χ2v) is 4.51. The number of nitrogens with one attached hydrogen (secondary N) is 2. The molecule has 18 heavy (non-hydrogen) atoms. The zero-order valence-corrected chi connectivity index (χ0v) is 10.0. The zero-order chi connectivity index (χ0) is 12.4. The topological polar surface area (TPSA) is 112 Å². The van der Waals surface area contributed by atoms with Gasteiger partial charge in [0.1, 0.15) is 5.69 Å². The predicted molar refractivity (Wildman–Crippen MR) is 65.8 cm³/mol. The van der Waals surface area contributed by atoms with E-state index < -0.39 is 0 Å². The SMILES string of the molecule is NCC1CCN(c2n[nH]c(-c3cn[nH]n3)n2)CC1. The van der Waals surface area contributed by atoms with Crippen molar-refractivity contribution in [3.63, 3.8) is 0 Å². The maximum Gasteiger partial charge on any atom is 0.245 e. The van der Waals surface area contributed by atoms with Gasteiger partial charge >= 0.3 is 0 Å². The molecule has 1 aliphatic rings. The second kappa shape index (κ2) is 4.73. The monoisotopic (exact) mass is 248 g/mol. The smallest absolute Gasteiger partial charge is 0.245 e. The Balaban J connectivity index is 1.71. The van der Waals surface area contributed by atoms with E-state index in [-0.39, 0.29) is 0 Å². The van der Waals surface area contributed by atoms with E-state index in [1.54, 1.807) is 6.20 Å². The van der Waals surface area contributed by atoms with Crippen LogP contribution in [0.1, 0.15) is 12.8 Å². The van der Waals surface area contributed by atoms with Crippen molar-refractivity contribution in [2.75, 3.05) is 24.5 Å². The summed E-state index contributed by atoms with van der Waals surface area (Å²) < 4.78 is 0. The number of nitrogens with two attached hydrogens (primary N) is 1. The molecule has 8 nitrogen and oxygen atoms in total. The summed E-state index contributed by atoms with van der Waals surface area (Å²) in [6.45, 7) is 2.68. The molecule has 3 rings (SSSR count). The Hall–Kier alpha value is -1.96. The molecule has 2 aromatic heterocycles. The fourth-order valence-electron chi connectivity index (χ4n) is 2.19. The van der Waals surface area contributed by atoms with E-state index in [2.05, 4.69) is 35.5 Å². The van der Waals surface area contributed by atoms with E-state index in [4.69, 9.17) is 5.73 Å². The highest BCUT2D eigenvalue weighted by molar-refractivity contribution is 5.49. The van der Waals surface area contributed by atoms with Crippen molar-refractivity contribution in [2.45, 2.75) is 12.8 Å². The number of hydrogen-bond acceptors (Lipinski definition) is 6. The Bertz CT molecular complexity index is 482. The van der Waals surface area contributed by atoms with Crippen molar-refractivity contribution in [2.24, 2.45) is 11.7 Å². The van der Waals surface area contributed by atoms with Crippen LogP contribution in [0, 0.1) is 5.92 Å². The molecule has 0 atom stereocenters. The Kier molecular flexibility index (Phi) is 2.93. The predicted octanol–water partition coefficient (Wildman–Crippen LogP) is -0.235. The average Bonchev–Trinajstić information content (AvgIpc) is 3.09. The third kappa shape index (κ3) is 2.06. The highest BCUT2D eigenvalue weighted by atomic mass is 15.4. The summed E-state index contributed by atoms with van der Waals surface area (Å²) in [5, 5.41) is 17.4. The fraction of sp³-hybridized carbons (Fsp3) is 0.600. The van der Waals surface area contributed by atoms with Gasteiger partial charge in [0.05, 0.1) is 6.20 Å². The number of hydrogen-bond donors (Lipinski definition) is 3. The molecule has 0 saturated carbocycles.